The van der Waals surface area contributed by atoms with Crippen molar-refractivity contribution in [2.75, 3.05) is 0 Å². The number of nitrogens with zero attached hydrogens (tertiary/aromatic N) is 1. The van der Waals surface area contributed by atoms with Crippen LogP contribution in [0.25, 0.3) is 0 Å². The lowest BCUT2D eigenvalue weighted by atomic mass is 10.0. The fourth-order valence-electron chi connectivity index (χ4n) is 1.84. The molecule has 1 N–H and O–H groups in total. The molecule has 1 aliphatic carbocycles. The van der Waals surface area contributed by atoms with Gasteiger partial charge in [-0.3, -0.25) is 10.1 Å². The minimum absolute atomic E-state index is 0.0198. The van der Waals surface area contributed by atoms with Gasteiger partial charge in [-0.1, -0.05) is 12.1 Å². The molecular formula is C12H14N2O4S. The summed E-state index contributed by atoms with van der Waals surface area (Å²) in [6.07, 6.45) is 3.67. The van der Waals surface area contributed by atoms with Crippen LogP contribution in [0.5, 0.6) is 0 Å². The van der Waals surface area contributed by atoms with E-state index in [1.165, 1.54) is 12.1 Å². The standard InChI is InChI=1S/C12H14N2O4S/c15-14(16)11-6-8-12(9-7-11)19(17,18)13-10-4-2-1-3-5-10/h2,4,6-10,13H,1,3,5H2/i2D. The summed E-state index contributed by atoms with van der Waals surface area (Å²) in [5.41, 5.74) is -0.157. The summed E-state index contributed by atoms with van der Waals surface area (Å²) in [5.74, 6) is 0. The number of hydrogen-bond donors (Lipinski definition) is 1. The molecule has 2 rings (SSSR count). The van der Waals surface area contributed by atoms with Gasteiger partial charge in [-0.2, -0.15) is 0 Å². The van der Waals surface area contributed by atoms with Crippen molar-refractivity contribution in [1.82, 2.24) is 4.72 Å². The maximum atomic E-state index is 12.1. The van der Waals surface area contributed by atoms with Crippen LogP contribution in [0.4, 0.5) is 5.69 Å². The Morgan fingerprint density at radius 2 is 2.05 bits per heavy atom. The van der Waals surface area contributed by atoms with Gasteiger partial charge >= 0.3 is 0 Å². The second kappa shape index (κ2) is 5.50. The van der Waals surface area contributed by atoms with Crippen molar-refractivity contribution < 1.29 is 14.7 Å². The average Bonchev–Trinajstić information content (AvgIpc) is 2.38. The number of benzene rings is 1. The zero-order valence-electron chi connectivity index (χ0n) is 11.1. The van der Waals surface area contributed by atoms with Crippen LogP contribution in [0.1, 0.15) is 20.6 Å². The third-order valence-electron chi connectivity index (χ3n) is 2.82. The molecular weight excluding hydrogens is 268 g/mol. The van der Waals surface area contributed by atoms with Crippen LogP contribution in [-0.4, -0.2) is 19.4 Å². The predicted molar refractivity (Wildman–Crippen MR) is 70.2 cm³/mol. The maximum Gasteiger partial charge on any atom is 0.269 e. The summed E-state index contributed by atoms with van der Waals surface area (Å²) >= 11 is 0. The Hall–Kier alpha value is -1.73. The first-order valence-corrected chi connectivity index (χ1v) is 7.31. The molecule has 0 saturated heterocycles. The summed E-state index contributed by atoms with van der Waals surface area (Å²) in [7, 11) is -3.73. The molecule has 1 atom stereocenters. The van der Waals surface area contributed by atoms with E-state index in [0.717, 1.165) is 18.6 Å². The Balaban J connectivity index is 2.18. The molecule has 1 aromatic rings. The van der Waals surface area contributed by atoms with Gasteiger partial charge in [0.05, 0.1) is 11.2 Å². The highest BCUT2D eigenvalue weighted by Crippen LogP contribution is 2.18. The van der Waals surface area contributed by atoms with Crippen molar-refractivity contribution in [2.45, 2.75) is 30.2 Å². The molecule has 0 radical (unpaired) electrons. The fraction of sp³-hybridized carbons (Fsp3) is 0.333. The van der Waals surface area contributed by atoms with Gasteiger partial charge in [-0.15, -0.1) is 0 Å². The first-order valence-electron chi connectivity index (χ1n) is 6.32. The topological polar surface area (TPSA) is 89.3 Å². The number of nitrogens with one attached hydrogen (secondary N) is 1. The van der Waals surface area contributed by atoms with E-state index in [0.29, 0.717) is 18.9 Å². The molecule has 0 saturated carbocycles. The highest BCUT2D eigenvalue weighted by molar-refractivity contribution is 7.89. The molecule has 0 amide bonds. The van der Waals surface area contributed by atoms with Gasteiger partial charge in [-0.05, 0) is 31.4 Å². The van der Waals surface area contributed by atoms with E-state index in [-0.39, 0.29) is 10.6 Å². The molecule has 0 aromatic heterocycles. The molecule has 6 nitrogen and oxygen atoms in total. The number of nitro benzene ring substituents is 1. The minimum Gasteiger partial charge on any atom is -0.258 e. The molecule has 0 spiro atoms. The first-order chi connectivity index (χ1) is 9.38. The highest BCUT2D eigenvalue weighted by Gasteiger charge is 2.20. The third-order valence-corrected chi connectivity index (χ3v) is 4.33. The number of rotatable bonds is 4. The molecule has 1 aromatic carbocycles. The summed E-state index contributed by atoms with van der Waals surface area (Å²) < 4.78 is 34.3. The molecule has 0 fully saturated rings. The van der Waals surface area contributed by atoms with Crippen molar-refractivity contribution in [1.29, 1.82) is 0 Å². The summed E-state index contributed by atoms with van der Waals surface area (Å²) in [6.45, 7) is 0. The van der Waals surface area contributed by atoms with Crippen LogP contribution in [0, 0.1) is 10.1 Å². The third kappa shape index (κ3) is 3.39. The van der Waals surface area contributed by atoms with Crippen molar-refractivity contribution in [3.05, 3.63) is 46.5 Å². The van der Waals surface area contributed by atoms with E-state index >= 15 is 0 Å². The second-order valence-corrected chi connectivity index (χ2v) is 5.96. The normalized spacial score (nSPS) is 20.5. The smallest absolute Gasteiger partial charge is 0.258 e. The van der Waals surface area contributed by atoms with Gasteiger partial charge < -0.3 is 0 Å². The second-order valence-electron chi connectivity index (χ2n) is 4.24. The lowest BCUT2D eigenvalue weighted by Crippen LogP contribution is -2.34. The molecule has 1 unspecified atom stereocenters. The number of sulfonamides is 1. The zero-order valence-corrected chi connectivity index (χ0v) is 10.9. The van der Waals surface area contributed by atoms with Crippen molar-refractivity contribution in [2.24, 2.45) is 0 Å². The van der Waals surface area contributed by atoms with Crippen molar-refractivity contribution in [3.8, 4) is 0 Å². The molecule has 0 bridgehead atoms. The summed E-state index contributed by atoms with van der Waals surface area (Å²) in [6, 6.07) is 4.75. The largest absolute Gasteiger partial charge is 0.269 e. The van der Waals surface area contributed by atoms with Crippen molar-refractivity contribution >= 4 is 15.7 Å². The summed E-state index contributed by atoms with van der Waals surface area (Å²) in [5, 5.41) is 10.5. The van der Waals surface area contributed by atoms with E-state index in [1.807, 2.05) is 0 Å². The average molecular weight is 283 g/mol. The Morgan fingerprint density at radius 1 is 1.37 bits per heavy atom. The number of nitro groups is 1. The Labute approximate surface area is 112 Å². The number of hydrogen-bond acceptors (Lipinski definition) is 4. The predicted octanol–water partition coefficient (Wildman–Crippen LogP) is 1.98. The van der Waals surface area contributed by atoms with Gasteiger partial charge in [0.15, 0.2) is 0 Å². The lowest BCUT2D eigenvalue weighted by molar-refractivity contribution is -0.384. The summed E-state index contributed by atoms with van der Waals surface area (Å²) in [4.78, 5) is 9.92. The molecule has 0 heterocycles. The van der Waals surface area contributed by atoms with Gasteiger partial charge in [-0.25, -0.2) is 13.1 Å². The number of non-ortho nitro benzene ring substituents is 1. The van der Waals surface area contributed by atoms with Crippen LogP contribution in [-0.2, 0) is 10.0 Å². The fourth-order valence-corrected chi connectivity index (χ4v) is 3.06. The van der Waals surface area contributed by atoms with Crippen LogP contribution in [0.3, 0.4) is 0 Å². The van der Waals surface area contributed by atoms with Crippen LogP contribution < -0.4 is 4.72 Å². The van der Waals surface area contributed by atoms with E-state index in [2.05, 4.69) is 4.72 Å². The molecule has 19 heavy (non-hydrogen) atoms. The zero-order chi connectivity index (χ0) is 14.8. The SMILES string of the molecule is [2H]C1=CC(NS(=O)(=O)c2ccc([N+](=O)[O-])cc2)CCC1. The van der Waals surface area contributed by atoms with Crippen LogP contribution in [0.2, 0.25) is 0 Å². The van der Waals surface area contributed by atoms with E-state index < -0.39 is 21.0 Å². The van der Waals surface area contributed by atoms with Crippen molar-refractivity contribution in [3.63, 3.8) is 0 Å². The maximum absolute atomic E-state index is 12.1. The molecule has 102 valence electrons. The van der Waals surface area contributed by atoms with Crippen LogP contribution >= 0.6 is 0 Å². The highest BCUT2D eigenvalue weighted by atomic mass is 32.2. The minimum atomic E-state index is -3.73. The molecule has 0 aliphatic heterocycles. The quantitative estimate of drug-likeness (QED) is 0.520. The first kappa shape index (κ1) is 12.3. The Morgan fingerprint density at radius 3 is 2.63 bits per heavy atom. The van der Waals surface area contributed by atoms with E-state index in [1.54, 1.807) is 6.08 Å². The van der Waals surface area contributed by atoms with Gasteiger partial charge in [0.1, 0.15) is 0 Å². The molecule has 1 aliphatic rings. The Bertz CT molecular complexity index is 640. The Kier molecular flexibility index (Phi) is 3.56. The number of allylic oxidation sites excluding steroid dienone is 1. The van der Waals surface area contributed by atoms with Gasteiger partial charge in [0.2, 0.25) is 10.0 Å². The monoisotopic (exact) mass is 283 g/mol. The molecule has 7 heteroatoms. The lowest BCUT2D eigenvalue weighted by Gasteiger charge is -2.17. The van der Waals surface area contributed by atoms with Gasteiger partial charge in [0, 0.05) is 18.2 Å². The van der Waals surface area contributed by atoms with Crippen LogP contribution in [0.15, 0.2) is 41.3 Å². The van der Waals surface area contributed by atoms with Gasteiger partial charge in [0.25, 0.3) is 5.69 Å². The van der Waals surface area contributed by atoms with E-state index in [9.17, 15) is 18.5 Å². The van der Waals surface area contributed by atoms with E-state index in [4.69, 9.17) is 1.37 Å².